The Labute approximate surface area is 118 Å². The number of hydrogen-bond acceptors (Lipinski definition) is 4. The predicted molar refractivity (Wildman–Crippen MR) is 82.4 cm³/mol. The Morgan fingerprint density at radius 1 is 0.950 bits per heavy atom. The third-order valence-corrected chi connectivity index (χ3v) is 3.55. The standard InChI is InChI=1S/C16H18N4/c17-16(12-6-2-1-3-7-12)15-11-19-10-13-8-4-5-9-14(13)20(15)18/h1-9,19H,10-11,17-18H2/b16-15-. The minimum atomic E-state index is 0.645. The van der Waals surface area contributed by atoms with E-state index in [1.54, 1.807) is 5.01 Å². The van der Waals surface area contributed by atoms with E-state index in [-0.39, 0.29) is 0 Å². The summed E-state index contributed by atoms with van der Waals surface area (Å²) in [7, 11) is 0. The van der Waals surface area contributed by atoms with Crippen LogP contribution < -0.4 is 21.9 Å². The van der Waals surface area contributed by atoms with Gasteiger partial charge >= 0.3 is 0 Å². The predicted octanol–water partition coefficient (Wildman–Crippen LogP) is 1.80. The summed E-state index contributed by atoms with van der Waals surface area (Å²) in [6, 6.07) is 18.0. The van der Waals surface area contributed by atoms with E-state index in [1.165, 1.54) is 5.56 Å². The van der Waals surface area contributed by atoms with Crippen molar-refractivity contribution in [2.45, 2.75) is 6.54 Å². The second-order valence-corrected chi connectivity index (χ2v) is 4.83. The highest BCUT2D eigenvalue weighted by Crippen LogP contribution is 2.26. The SMILES string of the molecule is N/C(=C1/CNCc2ccccc2N1N)c1ccccc1. The molecule has 0 amide bonds. The van der Waals surface area contributed by atoms with E-state index in [1.807, 2.05) is 48.5 Å². The maximum absolute atomic E-state index is 6.30. The maximum Gasteiger partial charge on any atom is 0.0722 e. The molecule has 1 aliphatic heterocycles. The van der Waals surface area contributed by atoms with Gasteiger partial charge in [-0.05, 0) is 17.2 Å². The summed E-state index contributed by atoms with van der Waals surface area (Å²) < 4.78 is 0. The van der Waals surface area contributed by atoms with Gasteiger partial charge in [-0.2, -0.15) is 0 Å². The average Bonchev–Trinajstić information content (AvgIpc) is 2.67. The largest absolute Gasteiger partial charge is 0.397 e. The Hall–Kier alpha value is -2.30. The van der Waals surface area contributed by atoms with Crippen LogP contribution in [-0.4, -0.2) is 6.54 Å². The Bertz CT molecular complexity index is 634. The van der Waals surface area contributed by atoms with Gasteiger partial charge < -0.3 is 11.1 Å². The Kier molecular flexibility index (Phi) is 3.41. The third kappa shape index (κ3) is 2.27. The number of nitrogens with two attached hydrogens (primary N) is 2. The number of para-hydroxylation sites is 1. The molecule has 0 spiro atoms. The van der Waals surface area contributed by atoms with Crippen LogP contribution in [0, 0.1) is 0 Å². The molecule has 1 aliphatic rings. The quantitative estimate of drug-likeness (QED) is 0.689. The van der Waals surface area contributed by atoms with Crippen LogP contribution in [0.15, 0.2) is 60.3 Å². The lowest BCUT2D eigenvalue weighted by atomic mass is 10.1. The molecule has 0 saturated carbocycles. The van der Waals surface area contributed by atoms with Crippen molar-refractivity contribution < 1.29 is 0 Å². The lowest BCUT2D eigenvalue weighted by molar-refractivity contribution is 0.746. The number of rotatable bonds is 1. The van der Waals surface area contributed by atoms with E-state index in [9.17, 15) is 0 Å². The number of anilines is 1. The second kappa shape index (κ2) is 5.36. The van der Waals surface area contributed by atoms with Crippen molar-refractivity contribution in [2.75, 3.05) is 11.6 Å². The summed E-state index contributed by atoms with van der Waals surface area (Å²) in [5, 5.41) is 5.07. The van der Waals surface area contributed by atoms with Gasteiger partial charge in [0.05, 0.1) is 17.1 Å². The van der Waals surface area contributed by atoms with Gasteiger partial charge in [-0.1, -0.05) is 48.5 Å². The molecule has 0 aliphatic carbocycles. The molecule has 3 rings (SSSR count). The van der Waals surface area contributed by atoms with Crippen LogP contribution >= 0.6 is 0 Å². The number of nitrogens with one attached hydrogen (secondary N) is 1. The number of fused-ring (bicyclic) bond motifs is 1. The first-order valence-corrected chi connectivity index (χ1v) is 6.65. The van der Waals surface area contributed by atoms with Crippen LogP contribution in [0.2, 0.25) is 0 Å². The molecule has 0 saturated heterocycles. The molecular formula is C16H18N4. The Morgan fingerprint density at radius 2 is 1.65 bits per heavy atom. The molecule has 0 fully saturated rings. The Morgan fingerprint density at radius 3 is 2.45 bits per heavy atom. The minimum Gasteiger partial charge on any atom is -0.397 e. The molecule has 1 heterocycles. The number of benzene rings is 2. The van der Waals surface area contributed by atoms with Crippen LogP contribution in [0.4, 0.5) is 5.69 Å². The summed E-state index contributed by atoms with van der Waals surface area (Å²) in [4.78, 5) is 0. The van der Waals surface area contributed by atoms with Gasteiger partial charge in [-0.15, -0.1) is 0 Å². The first-order valence-electron chi connectivity index (χ1n) is 6.65. The van der Waals surface area contributed by atoms with Crippen molar-refractivity contribution in [3.8, 4) is 0 Å². The van der Waals surface area contributed by atoms with Crippen molar-refractivity contribution in [3.63, 3.8) is 0 Å². The fraction of sp³-hybridized carbons (Fsp3) is 0.125. The molecule has 2 aromatic rings. The van der Waals surface area contributed by atoms with Crippen LogP contribution in [-0.2, 0) is 6.54 Å². The fourth-order valence-corrected chi connectivity index (χ4v) is 2.45. The van der Waals surface area contributed by atoms with Crippen LogP contribution in [0.5, 0.6) is 0 Å². The normalized spacial score (nSPS) is 17.4. The van der Waals surface area contributed by atoms with Gasteiger partial charge in [0, 0.05) is 13.1 Å². The smallest absolute Gasteiger partial charge is 0.0722 e. The highest BCUT2D eigenvalue weighted by Gasteiger charge is 2.19. The molecule has 0 bridgehead atoms. The summed E-state index contributed by atoms with van der Waals surface area (Å²) in [6.45, 7) is 1.43. The molecule has 0 atom stereocenters. The first kappa shape index (κ1) is 12.7. The van der Waals surface area contributed by atoms with Crippen molar-refractivity contribution in [1.29, 1.82) is 0 Å². The van der Waals surface area contributed by atoms with Crippen molar-refractivity contribution >= 4 is 11.4 Å². The van der Waals surface area contributed by atoms with Gasteiger partial charge in [0.2, 0.25) is 0 Å². The molecule has 4 heteroatoms. The summed E-state index contributed by atoms with van der Waals surface area (Å²) in [5.74, 6) is 6.28. The van der Waals surface area contributed by atoms with E-state index in [0.717, 1.165) is 23.5 Å². The number of nitrogens with zero attached hydrogens (tertiary/aromatic N) is 1. The number of hydrazine groups is 1. The van der Waals surface area contributed by atoms with Crippen LogP contribution in [0.25, 0.3) is 5.70 Å². The third-order valence-electron chi connectivity index (χ3n) is 3.55. The molecule has 0 aromatic heterocycles. The average molecular weight is 266 g/mol. The maximum atomic E-state index is 6.30. The monoisotopic (exact) mass is 266 g/mol. The molecule has 2 aromatic carbocycles. The van der Waals surface area contributed by atoms with Gasteiger partial charge in [0.15, 0.2) is 0 Å². The zero-order chi connectivity index (χ0) is 13.9. The summed E-state index contributed by atoms with van der Waals surface area (Å²) >= 11 is 0. The van der Waals surface area contributed by atoms with Crippen LogP contribution in [0.1, 0.15) is 11.1 Å². The van der Waals surface area contributed by atoms with Crippen molar-refractivity contribution in [2.24, 2.45) is 11.6 Å². The molecule has 0 unspecified atom stereocenters. The van der Waals surface area contributed by atoms with E-state index >= 15 is 0 Å². The summed E-state index contributed by atoms with van der Waals surface area (Å²) in [6.07, 6.45) is 0. The first-order chi connectivity index (χ1) is 9.77. The zero-order valence-electron chi connectivity index (χ0n) is 11.2. The van der Waals surface area contributed by atoms with E-state index in [0.29, 0.717) is 12.2 Å². The Balaban J connectivity index is 2.07. The molecule has 102 valence electrons. The molecule has 20 heavy (non-hydrogen) atoms. The zero-order valence-corrected chi connectivity index (χ0v) is 11.2. The van der Waals surface area contributed by atoms with Crippen molar-refractivity contribution in [1.82, 2.24) is 5.32 Å². The highest BCUT2D eigenvalue weighted by molar-refractivity contribution is 5.72. The lowest BCUT2D eigenvalue weighted by Gasteiger charge is -2.23. The minimum absolute atomic E-state index is 0.645. The van der Waals surface area contributed by atoms with E-state index in [2.05, 4.69) is 11.4 Å². The topological polar surface area (TPSA) is 67.3 Å². The highest BCUT2D eigenvalue weighted by atomic mass is 15.4. The van der Waals surface area contributed by atoms with Gasteiger partial charge in [0.25, 0.3) is 0 Å². The van der Waals surface area contributed by atoms with E-state index in [4.69, 9.17) is 11.6 Å². The lowest BCUT2D eigenvalue weighted by Crippen LogP contribution is -2.35. The van der Waals surface area contributed by atoms with Crippen LogP contribution in [0.3, 0.4) is 0 Å². The van der Waals surface area contributed by atoms with Gasteiger partial charge in [-0.3, -0.25) is 5.01 Å². The second-order valence-electron chi connectivity index (χ2n) is 4.83. The van der Waals surface area contributed by atoms with Gasteiger partial charge in [0.1, 0.15) is 0 Å². The summed E-state index contributed by atoms with van der Waals surface area (Å²) in [5.41, 5.74) is 11.0. The molecular weight excluding hydrogens is 248 g/mol. The molecule has 4 nitrogen and oxygen atoms in total. The van der Waals surface area contributed by atoms with Gasteiger partial charge in [-0.25, -0.2) is 5.84 Å². The van der Waals surface area contributed by atoms with E-state index < -0.39 is 0 Å². The number of hydrogen-bond donors (Lipinski definition) is 3. The molecule has 5 N–H and O–H groups in total. The molecule has 0 radical (unpaired) electrons. The fourth-order valence-electron chi connectivity index (χ4n) is 2.45. The van der Waals surface area contributed by atoms with Crippen molar-refractivity contribution in [3.05, 3.63) is 71.4 Å².